The van der Waals surface area contributed by atoms with E-state index in [0.717, 1.165) is 5.56 Å². The second-order valence-electron chi connectivity index (χ2n) is 5.71. The zero-order valence-corrected chi connectivity index (χ0v) is 15.5. The summed E-state index contributed by atoms with van der Waals surface area (Å²) in [5.74, 6) is 0.220. The van der Waals surface area contributed by atoms with E-state index in [2.05, 4.69) is 44.9 Å². The molecule has 0 aliphatic heterocycles. The number of hydrogen-bond acceptors (Lipinski definition) is 4. The molecule has 1 aromatic heterocycles. The molecule has 0 radical (unpaired) electrons. The molecule has 0 spiro atoms. The largest absolute Gasteiger partial charge is 0.365 e. The van der Waals surface area contributed by atoms with Gasteiger partial charge in [-0.25, -0.2) is 9.97 Å². The Bertz CT molecular complexity index is 912. The number of anilines is 2. The van der Waals surface area contributed by atoms with Crippen LogP contribution in [0.4, 0.5) is 11.5 Å². The first-order valence-corrected chi connectivity index (χ1v) is 8.65. The third kappa shape index (κ3) is 4.71. The number of nitrogens with one attached hydrogen (secondary N) is 2. The highest BCUT2D eigenvalue weighted by atomic mass is 35.5. The van der Waals surface area contributed by atoms with Crippen LogP contribution in [0.5, 0.6) is 0 Å². The standard InChI is InChI=1S/C19H16Cl2N4O/c1-12-2-4-13(5-3-12)9-23-18-11-22-17(10-24-18)19(26)25-14-6-7-15(20)16(21)8-14/h2-8,10-11H,9H2,1H3,(H,23,24)(H,25,26). The fraction of sp³-hybridized carbons (Fsp3) is 0.105. The molecule has 0 aliphatic rings. The second-order valence-corrected chi connectivity index (χ2v) is 6.52. The minimum Gasteiger partial charge on any atom is -0.365 e. The lowest BCUT2D eigenvalue weighted by atomic mass is 10.1. The van der Waals surface area contributed by atoms with Crippen molar-refractivity contribution in [2.75, 3.05) is 10.6 Å². The van der Waals surface area contributed by atoms with Crippen LogP contribution in [-0.4, -0.2) is 15.9 Å². The second kappa shape index (κ2) is 8.17. The SMILES string of the molecule is Cc1ccc(CNc2cnc(C(=O)Nc3ccc(Cl)c(Cl)c3)cn2)cc1. The monoisotopic (exact) mass is 386 g/mol. The average molecular weight is 387 g/mol. The maximum Gasteiger partial charge on any atom is 0.275 e. The molecule has 5 nitrogen and oxygen atoms in total. The number of carbonyl (C=O) groups is 1. The van der Waals surface area contributed by atoms with Crippen molar-refractivity contribution in [3.8, 4) is 0 Å². The van der Waals surface area contributed by atoms with Crippen LogP contribution in [0.15, 0.2) is 54.9 Å². The van der Waals surface area contributed by atoms with E-state index in [-0.39, 0.29) is 11.6 Å². The molecule has 0 fully saturated rings. The molecule has 0 aliphatic carbocycles. The number of aromatic nitrogens is 2. The van der Waals surface area contributed by atoms with Gasteiger partial charge in [-0.05, 0) is 30.7 Å². The predicted molar refractivity (Wildman–Crippen MR) is 105 cm³/mol. The van der Waals surface area contributed by atoms with Crippen LogP contribution in [0, 0.1) is 6.92 Å². The van der Waals surface area contributed by atoms with Crippen LogP contribution in [0.3, 0.4) is 0 Å². The molecule has 0 saturated carbocycles. The molecule has 2 N–H and O–H groups in total. The Morgan fingerprint density at radius 3 is 2.42 bits per heavy atom. The van der Waals surface area contributed by atoms with E-state index in [1.165, 1.54) is 18.0 Å². The molecule has 0 bridgehead atoms. The Morgan fingerprint density at radius 2 is 1.77 bits per heavy atom. The van der Waals surface area contributed by atoms with Gasteiger partial charge in [-0.1, -0.05) is 53.0 Å². The molecule has 0 saturated heterocycles. The van der Waals surface area contributed by atoms with Crippen molar-refractivity contribution in [1.29, 1.82) is 0 Å². The average Bonchev–Trinajstić information content (AvgIpc) is 2.65. The summed E-state index contributed by atoms with van der Waals surface area (Å²) >= 11 is 11.8. The topological polar surface area (TPSA) is 66.9 Å². The molecule has 26 heavy (non-hydrogen) atoms. The van der Waals surface area contributed by atoms with E-state index in [9.17, 15) is 4.79 Å². The maximum atomic E-state index is 12.2. The van der Waals surface area contributed by atoms with Crippen LogP contribution >= 0.6 is 23.2 Å². The third-order valence-corrected chi connectivity index (χ3v) is 4.40. The van der Waals surface area contributed by atoms with Gasteiger partial charge in [0.05, 0.1) is 22.4 Å². The van der Waals surface area contributed by atoms with E-state index in [0.29, 0.717) is 28.1 Å². The summed E-state index contributed by atoms with van der Waals surface area (Å²) in [6.45, 7) is 2.67. The molecule has 1 amide bonds. The molecule has 3 aromatic rings. The summed E-state index contributed by atoms with van der Waals surface area (Å²) in [4.78, 5) is 20.6. The summed E-state index contributed by atoms with van der Waals surface area (Å²) in [6.07, 6.45) is 2.95. The molecule has 0 atom stereocenters. The summed E-state index contributed by atoms with van der Waals surface area (Å²) in [5.41, 5.74) is 3.09. The number of benzene rings is 2. The quantitative estimate of drug-likeness (QED) is 0.650. The molecule has 132 valence electrons. The van der Waals surface area contributed by atoms with E-state index in [4.69, 9.17) is 23.2 Å². The van der Waals surface area contributed by atoms with Gasteiger partial charge in [-0.2, -0.15) is 0 Å². The number of aryl methyl sites for hydroxylation is 1. The minimum atomic E-state index is -0.374. The number of rotatable bonds is 5. The van der Waals surface area contributed by atoms with Crippen molar-refractivity contribution in [2.24, 2.45) is 0 Å². The Hall–Kier alpha value is -2.63. The lowest BCUT2D eigenvalue weighted by Gasteiger charge is -2.08. The Morgan fingerprint density at radius 1 is 1.00 bits per heavy atom. The van der Waals surface area contributed by atoms with E-state index >= 15 is 0 Å². The molecule has 7 heteroatoms. The molecular weight excluding hydrogens is 371 g/mol. The summed E-state index contributed by atoms with van der Waals surface area (Å²) < 4.78 is 0. The lowest BCUT2D eigenvalue weighted by Crippen LogP contribution is -2.14. The highest BCUT2D eigenvalue weighted by Gasteiger charge is 2.09. The van der Waals surface area contributed by atoms with Crippen molar-refractivity contribution in [1.82, 2.24) is 9.97 Å². The first-order chi connectivity index (χ1) is 12.5. The van der Waals surface area contributed by atoms with E-state index < -0.39 is 0 Å². The van der Waals surface area contributed by atoms with Crippen molar-refractivity contribution in [3.05, 3.63) is 81.7 Å². The molecule has 0 unspecified atom stereocenters. The smallest absolute Gasteiger partial charge is 0.275 e. The van der Waals surface area contributed by atoms with Crippen LogP contribution < -0.4 is 10.6 Å². The summed E-state index contributed by atoms with van der Waals surface area (Å²) in [7, 11) is 0. The Balaban J connectivity index is 1.60. The minimum absolute atomic E-state index is 0.206. The van der Waals surface area contributed by atoms with Crippen LogP contribution in [0.1, 0.15) is 21.6 Å². The van der Waals surface area contributed by atoms with Crippen molar-refractivity contribution in [2.45, 2.75) is 13.5 Å². The first-order valence-electron chi connectivity index (χ1n) is 7.89. The van der Waals surface area contributed by atoms with Gasteiger partial charge >= 0.3 is 0 Å². The van der Waals surface area contributed by atoms with E-state index in [1.54, 1.807) is 18.2 Å². The van der Waals surface area contributed by atoms with Gasteiger partial charge in [0.2, 0.25) is 0 Å². The number of hydrogen-bond donors (Lipinski definition) is 2. The Kier molecular flexibility index (Phi) is 5.71. The predicted octanol–water partition coefficient (Wildman–Crippen LogP) is 4.96. The van der Waals surface area contributed by atoms with Gasteiger partial charge in [0.25, 0.3) is 5.91 Å². The van der Waals surface area contributed by atoms with Crippen molar-refractivity contribution in [3.63, 3.8) is 0 Å². The molecule has 2 aromatic carbocycles. The highest BCUT2D eigenvalue weighted by molar-refractivity contribution is 6.42. The van der Waals surface area contributed by atoms with Gasteiger partial charge in [0.1, 0.15) is 11.5 Å². The van der Waals surface area contributed by atoms with Gasteiger partial charge in [0.15, 0.2) is 0 Å². The Labute approximate surface area is 161 Å². The van der Waals surface area contributed by atoms with Gasteiger partial charge in [-0.3, -0.25) is 4.79 Å². The normalized spacial score (nSPS) is 10.4. The number of amides is 1. The maximum absolute atomic E-state index is 12.2. The number of carbonyl (C=O) groups excluding carboxylic acids is 1. The van der Waals surface area contributed by atoms with Crippen molar-refractivity contribution >= 4 is 40.6 Å². The summed E-state index contributed by atoms with van der Waals surface area (Å²) in [6, 6.07) is 13.1. The fourth-order valence-corrected chi connectivity index (χ4v) is 2.50. The van der Waals surface area contributed by atoms with Gasteiger partial charge in [-0.15, -0.1) is 0 Å². The van der Waals surface area contributed by atoms with Crippen LogP contribution in [-0.2, 0) is 6.54 Å². The molecular formula is C19H16Cl2N4O. The number of halogens is 2. The first kappa shape index (κ1) is 18.2. The van der Waals surface area contributed by atoms with Gasteiger partial charge < -0.3 is 10.6 Å². The summed E-state index contributed by atoms with van der Waals surface area (Å²) in [5, 5.41) is 6.67. The van der Waals surface area contributed by atoms with Crippen LogP contribution in [0.2, 0.25) is 10.0 Å². The fourth-order valence-electron chi connectivity index (χ4n) is 2.20. The van der Waals surface area contributed by atoms with Gasteiger partial charge in [0, 0.05) is 12.2 Å². The van der Waals surface area contributed by atoms with Crippen molar-refractivity contribution < 1.29 is 4.79 Å². The zero-order valence-electron chi connectivity index (χ0n) is 14.0. The third-order valence-electron chi connectivity index (χ3n) is 3.66. The number of nitrogens with zero attached hydrogens (tertiary/aromatic N) is 2. The lowest BCUT2D eigenvalue weighted by molar-refractivity contribution is 0.102. The van der Waals surface area contributed by atoms with Crippen LogP contribution in [0.25, 0.3) is 0 Å². The molecule has 3 rings (SSSR count). The van der Waals surface area contributed by atoms with E-state index in [1.807, 2.05) is 6.92 Å². The zero-order chi connectivity index (χ0) is 18.5. The molecule has 1 heterocycles. The highest BCUT2D eigenvalue weighted by Crippen LogP contribution is 2.25.